The highest BCUT2D eigenvalue weighted by molar-refractivity contribution is 6.30. The van der Waals surface area contributed by atoms with Crippen LogP contribution in [0.1, 0.15) is 31.8 Å². The first-order valence-electron chi connectivity index (χ1n) is 8.86. The van der Waals surface area contributed by atoms with E-state index in [2.05, 4.69) is 0 Å². The Morgan fingerprint density at radius 3 is 2.21 bits per heavy atom. The van der Waals surface area contributed by atoms with E-state index in [9.17, 15) is 35.1 Å². The van der Waals surface area contributed by atoms with Crippen molar-refractivity contribution in [1.82, 2.24) is 0 Å². The fraction of sp³-hybridized carbons (Fsp3) is 0.300. The topological polar surface area (TPSA) is 154 Å². The summed E-state index contributed by atoms with van der Waals surface area (Å²) in [6.45, 7) is -0.642. The minimum absolute atomic E-state index is 0.0511. The van der Waals surface area contributed by atoms with Crippen molar-refractivity contribution in [3.63, 3.8) is 0 Å². The number of hydrogen-bond donors (Lipinski definition) is 5. The maximum Gasteiger partial charge on any atom is 0.229 e. The molecule has 9 heteroatoms. The van der Waals surface area contributed by atoms with E-state index in [1.165, 1.54) is 36.4 Å². The summed E-state index contributed by atoms with van der Waals surface area (Å²) in [4.78, 5) is 25.8. The van der Waals surface area contributed by atoms with Crippen molar-refractivity contribution in [2.24, 2.45) is 0 Å². The molecule has 2 aromatic carbocycles. The molecule has 2 aliphatic rings. The molecular weight excluding hydrogens is 384 g/mol. The second-order valence-corrected chi connectivity index (χ2v) is 6.85. The van der Waals surface area contributed by atoms with Crippen LogP contribution in [0.3, 0.4) is 0 Å². The summed E-state index contributed by atoms with van der Waals surface area (Å²) < 4.78 is 10.9. The van der Waals surface area contributed by atoms with Gasteiger partial charge in [-0.05, 0) is 12.1 Å². The average Bonchev–Trinajstić information content (AvgIpc) is 2.72. The van der Waals surface area contributed by atoms with Crippen LogP contribution in [-0.4, -0.2) is 74.4 Å². The third kappa shape index (κ3) is 3.00. The molecule has 2 aromatic rings. The Balaban J connectivity index is 1.74. The number of aromatic hydroxyl groups is 1. The van der Waals surface area contributed by atoms with Gasteiger partial charge in [-0.3, -0.25) is 9.59 Å². The van der Waals surface area contributed by atoms with Gasteiger partial charge in [0.15, 0.2) is 5.78 Å². The second kappa shape index (κ2) is 7.21. The molecule has 0 aromatic heterocycles. The van der Waals surface area contributed by atoms with Gasteiger partial charge in [0.1, 0.15) is 35.9 Å². The zero-order valence-corrected chi connectivity index (χ0v) is 14.9. The van der Waals surface area contributed by atoms with Crippen LogP contribution in [0.15, 0.2) is 36.4 Å². The van der Waals surface area contributed by atoms with E-state index in [1.54, 1.807) is 0 Å². The molecule has 1 aliphatic heterocycles. The van der Waals surface area contributed by atoms with Gasteiger partial charge in [0.25, 0.3) is 0 Å². The van der Waals surface area contributed by atoms with Crippen LogP contribution in [0.5, 0.6) is 11.5 Å². The largest absolute Gasteiger partial charge is 0.507 e. The number of aliphatic hydroxyl groups is 4. The molecule has 0 amide bonds. The lowest BCUT2D eigenvalue weighted by atomic mass is 9.83. The van der Waals surface area contributed by atoms with Gasteiger partial charge in [0.05, 0.1) is 17.7 Å². The molecule has 1 heterocycles. The molecule has 0 bridgehead atoms. The zero-order chi connectivity index (χ0) is 20.9. The number of rotatable bonds is 3. The Labute approximate surface area is 164 Å². The number of hydrogen-bond acceptors (Lipinski definition) is 9. The molecular formula is C20H18O9. The van der Waals surface area contributed by atoms with Crippen molar-refractivity contribution in [3.05, 3.63) is 58.7 Å². The quantitative estimate of drug-likeness (QED) is 0.384. The van der Waals surface area contributed by atoms with E-state index in [4.69, 9.17) is 9.47 Å². The van der Waals surface area contributed by atoms with Gasteiger partial charge in [-0.25, -0.2) is 0 Å². The van der Waals surface area contributed by atoms with Gasteiger partial charge in [-0.15, -0.1) is 0 Å². The third-order valence-electron chi connectivity index (χ3n) is 5.10. The summed E-state index contributed by atoms with van der Waals surface area (Å²) in [6, 6.07) is 8.45. The Morgan fingerprint density at radius 1 is 0.862 bits per heavy atom. The number of carbonyl (C=O) groups is 2. The Hall–Kier alpha value is -2.82. The van der Waals surface area contributed by atoms with Crippen LogP contribution in [-0.2, 0) is 4.74 Å². The zero-order valence-electron chi connectivity index (χ0n) is 14.9. The Bertz CT molecular complexity index is 984. The van der Waals surface area contributed by atoms with Crippen LogP contribution >= 0.6 is 0 Å². The van der Waals surface area contributed by atoms with Crippen LogP contribution < -0.4 is 4.74 Å². The highest BCUT2D eigenvalue weighted by Gasteiger charge is 2.45. The van der Waals surface area contributed by atoms with Crippen LogP contribution in [0.25, 0.3) is 0 Å². The summed E-state index contributed by atoms with van der Waals surface area (Å²) in [7, 11) is 0. The summed E-state index contributed by atoms with van der Waals surface area (Å²) in [5.41, 5.74) is -0.166. The van der Waals surface area contributed by atoms with Gasteiger partial charge < -0.3 is 35.0 Å². The smallest absolute Gasteiger partial charge is 0.229 e. The van der Waals surface area contributed by atoms with Crippen molar-refractivity contribution in [2.45, 2.75) is 30.7 Å². The van der Waals surface area contributed by atoms with Gasteiger partial charge in [0, 0.05) is 11.1 Å². The van der Waals surface area contributed by atoms with Gasteiger partial charge in [-0.2, -0.15) is 0 Å². The first kappa shape index (κ1) is 19.5. The maximum absolute atomic E-state index is 13.0. The number of phenolic OH excluding ortho intramolecular Hbond substituents is 1. The minimum Gasteiger partial charge on any atom is -0.507 e. The van der Waals surface area contributed by atoms with Crippen molar-refractivity contribution >= 4 is 11.6 Å². The number of aliphatic hydroxyl groups excluding tert-OH is 4. The molecule has 152 valence electrons. The fourth-order valence-corrected chi connectivity index (χ4v) is 3.58. The van der Waals surface area contributed by atoms with Crippen LogP contribution in [0, 0.1) is 0 Å². The lowest BCUT2D eigenvalue weighted by Crippen LogP contribution is -2.60. The lowest BCUT2D eigenvalue weighted by molar-refractivity contribution is -0.277. The minimum atomic E-state index is -1.68. The SMILES string of the molecule is O=C1c2cccc(O)c2C(=O)c2c(O[C@H]3O[C@@H](CO)[C@@H](O)[C@@H](O)[C@@H]3O)cccc21. The molecule has 1 fully saturated rings. The Kier molecular flexibility index (Phi) is 4.85. The van der Waals surface area contributed by atoms with E-state index in [0.717, 1.165) is 0 Å². The predicted molar refractivity (Wildman–Crippen MR) is 95.8 cm³/mol. The van der Waals surface area contributed by atoms with E-state index in [0.29, 0.717) is 0 Å². The van der Waals surface area contributed by atoms with Gasteiger partial charge in [0.2, 0.25) is 12.1 Å². The molecule has 29 heavy (non-hydrogen) atoms. The first-order valence-corrected chi connectivity index (χ1v) is 8.86. The molecule has 1 aliphatic carbocycles. The maximum atomic E-state index is 13.0. The van der Waals surface area contributed by atoms with Crippen molar-refractivity contribution < 1.29 is 44.6 Å². The third-order valence-corrected chi connectivity index (χ3v) is 5.10. The summed E-state index contributed by atoms with van der Waals surface area (Å²) >= 11 is 0. The van der Waals surface area contributed by atoms with Crippen molar-refractivity contribution in [1.29, 1.82) is 0 Å². The number of ether oxygens (including phenoxy) is 2. The molecule has 0 unspecified atom stereocenters. The van der Waals surface area contributed by atoms with E-state index >= 15 is 0 Å². The van der Waals surface area contributed by atoms with Crippen LogP contribution in [0.4, 0.5) is 0 Å². The van der Waals surface area contributed by atoms with Crippen LogP contribution in [0.2, 0.25) is 0 Å². The number of carbonyl (C=O) groups excluding carboxylic acids is 2. The molecule has 0 spiro atoms. The lowest BCUT2D eigenvalue weighted by Gasteiger charge is -2.39. The normalized spacial score (nSPS) is 28.6. The summed E-state index contributed by atoms with van der Waals surface area (Å²) in [6.07, 6.45) is -7.62. The molecule has 5 atom stereocenters. The summed E-state index contributed by atoms with van der Waals surface area (Å²) in [5, 5.41) is 49.4. The van der Waals surface area contributed by atoms with E-state index in [-0.39, 0.29) is 33.8 Å². The van der Waals surface area contributed by atoms with Gasteiger partial charge >= 0.3 is 0 Å². The van der Waals surface area contributed by atoms with Gasteiger partial charge in [-0.1, -0.05) is 24.3 Å². The first-order chi connectivity index (χ1) is 13.8. The highest BCUT2D eigenvalue weighted by atomic mass is 16.7. The Morgan fingerprint density at radius 2 is 1.52 bits per heavy atom. The number of phenols is 1. The summed E-state index contributed by atoms with van der Waals surface area (Å²) in [5.74, 6) is -1.59. The van der Waals surface area contributed by atoms with E-state index in [1.807, 2.05) is 0 Å². The van der Waals surface area contributed by atoms with E-state index < -0.39 is 48.9 Å². The standard InChI is InChI=1S/C20H18O9/c21-7-12-16(24)18(26)19(27)20(29-12)28-11-6-2-4-9-14(11)17(25)13-8(15(9)23)3-1-5-10(13)22/h1-6,12,16,18-22,24,26-27H,7H2/t12-,16+,18+,19-,20-/m0/s1. The predicted octanol–water partition coefficient (Wildman–Crippen LogP) is -0.654. The number of ketones is 2. The molecule has 4 rings (SSSR count). The second-order valence-electron chi connectivity index (χ2n) is 6.85. The molecule has 0 radical (unpaired) electrons. The molecule has 0 saturated carbocycles. The average molecular weight is 402 g/mol. The molecule has 5 N–H and O–H groups in total. The fourth-order valence-electron chi connectivity index (χ4n) is 3.58. The van der Waals surface area contributed by atoms with Crippen molar-refractivity contribution in [2.75, 3.05) is 6.61 Å². The number of benzene rings is 2. The van der Waals surface area contributed by atoms with Crippen molar-refractivity contribution in [3.8, 4) is 11.5 Å². The molecule has 1 saturated heterocycles. The number of fused-ring (bicyclic) bond motifs is 2. The highest BCUT2D eigenvalue weighted by Crippen LogP contribution is 2.37. The monoisotopic (exact) mass is 402 g/mol. The molecule has 9 nitrogen and oxygen atoms in total.